The maximum absolute atomic E-state index is 11.8. The largest absolute Gasteiger partial charge is 0.484 e. The van der Waals surface area contributed by atoms with Crippen molar-refractivity contribution in [3.05, 3.63) is 34.4 Å². The minimum Gasteiger partial charge on any atom is -0.484 e. The van der Waals surface area contributed by atoms with Crippen LogP contribution >= 0.6 is 0 Å². The molecule has 1 heterocycles. The molecule has 0 radical (unpaired) electrons. The summed E-state index contributed by atoms with van der Waals surface area (Å²) in [6.07, 6.45) is 1.82. The molecule has 1 amide bonds. The molecule has 0 spiro atoms. The number of nitro groups is 1. The number of benzene rings is 1. The highest BCUT2D eigenvalue weighted by atomic mass is 16.6. The first-order valence-electron chi connectivity index (χ1n) is 6.94. The number of ether oxygens (including phenoxy) is 1. The lowest BCUT2D eigenvalue weighted by Gasteiger charge is -2.28. The molecular weight excluding hydrogens is 274 g/mol. The lowest BCUT2D eigenvalue weighted by molar-refractivity contribution is -0.384. The molecule has 1 aliphatic rings. The van der Waals surface area contributed by atoms with E-state index in [2.05, 4.69) is 17.6 Å². The average Bonchev–Trinajstić information content (AvgIpc) is 2.45. The fraction of sp³-hybridized carbons (Fsp3) is 0.500. The number of nitro benzene ring substituents is 1. The SMILES string of the molecule is CC1CC(NC(=O)COc2ccc([N+](=O)[O-])cc2)CCN1. The number of amides is 1. The highest BCUT2D eigenvalue weighted by Gasteiger charge is 2.19. The fourth-order valence-corrected chi connectivity index (χ4v) is 2.35. The maximum Gasteiger partial charge on any atom is 0.269 e. The molecule has 0 aliphatic carbocycles. The van der Waals surface area contributed by atoms with Gasteiger partial charge in [0.2, 0.25) is 0 Å². The molecule has 1 fully saturated rings. The normalized spacial score (nSPS) is 21.6. The summed E-state index contributed by atoms with van der Waals surface area (Å²) in [6, 6.07) is 6.24. The van der Waals surface area contributed by atoms with Crippen molar-refractivity contribution < 1.29 is 14.5 Å². The molecule has 7 nitrogen and oxygen atoms in total. The molecule has 2 N–H and O–H groups in total. The smallest absolute Gasteiger partial charge is 0.269 e. The van der Waals surface area contributed by atoms with Crippen LogP contribution in [0.15, 0.2) is 24.3 Å². The number of nitrogens with zero attached hydrogens (tertiary/aromatic N) is 1. The van der Waals surface area contributed by atoms with Gasteiger partial charge in [-0.3, -0.25) is 14.9 Å². The molecule has 0 aromatic heterocycles. The van der Waals surface area contributed by atoms with Crippen LogP contribution in [0.25, 0.3) is 0 Å². The summed E-state index contributed by atoms with van der Waals surface area (Å²) >= 11 is 0. The molecule has 1 aliphatic heterocycles. The van der Waals surface area contributed by atoms with Gasteiger partial charge in [-0.25, -0.2) is 0 Å². The van der Waals surface area contributed by atoms with Crippen LogP contribution in [0.5, 0.6) is 5.75 Å². The van der Waals surface area contributed by atoms with Gasteiger partial charge in [-0.1, -0.05) is 0 Å². The minimum atomic E-state index is -0.477. The second kappa shape index (κ2) is 7.03. The second-order valence-electron chi connectivity index (χ2n) is 5.18. The molecule has 7 heteroatoms. The number of rotatable bonds is 5. The number of hydrogen-bond donors (Lipinski definition) is 2. The Morgan fingerprint density at radius 2 is 2.19 bits per heavy atom. The van der Waals surface area contributed by atoms with E-state index < -0.39 is 4.92 Å². The Hall–Kier alpha value is -2.15. The highest BCUT2D eigenvalue weighted by molar-refractivity contribution is 5.77. The summed E-state index contributed by atoms with van der Waals surface area (Å²) in [4.78, 5) is 21.8. The molecule has 1 aromatic carbocycles. The summed E-state index contributed by atoms with van der Waals surface area (Å²) < 4.78 is 5.32. The molecule has 0 bridgehead atoms. The molecular formula is C14H19N3O4. The Kier molecular flexibility index (Phi) is 5.10. The summed E-state index contributed by atoms with van der Waals surface area (Å²) in [5.41, 5.74) is -0.00417. The van der Waals surface area contributed by atoms with Crippen molar-refractivity contribution in [3.63, 3.8) is 0 Å². The first-order chi connectivity index (χ1) is 10.0. The van der Waals surface area contributed by atoms with Gasteiger partial charge in [0.05, 0.1) is 4.92 Å². The number of carbonyl (C=O) groups excluding carboxylic acids is 1. The van der Waals surface area contributed by atoms with Crippen LogP contribution in [0, 0.1) is 10.1 Å². The third kappa shape index (κ3) is 4.71. The Morgan fingerprint density at radius 1 is 1.48 bits per heavy atom. The van der Waals surface area contributed by atoms with Crippen LogP contribution in [0.3, 0.4) is 0 Å². The lowest BCUT2D eigenvalue weighted by Crippen LogP contribution is -2.47. The van der Waals surface area contributed by atoms with E-state index in [-0.39, 0.29) is 24.2 Å². The van der Waals surface area contributed by atoms with Gasteiger partial charge in [0, 0.05) is 24.2 Å². The van der Waals surface area contributed by atoms with E-state index in [1.807, 2.05) is 0 Å². The first kappa shape index (κ1) is 15.2. The summed E-state index contributed by atoms with van der Waals surface area (Å²) in [5, 5.41) is 16.8. The Bertz CT molecular complexity index is 503. The van der Waals surface area contributed by atoms with E-state index in [0.29, 0.717) is 11.8 Å². The van der Waals surface area contributed by atoms with Gasteiger partial charge in [0.1, 0.15) is 5.75 Å². The summed E-state index contributed by atoms with van der Waals surface area (Å²) in [7, 11) is 0. The van der Waals surface area contributed by atoms with E-state index in [1.54, 1.807) is 0 Å². The Morgan fingerprint density at radius 3 is 2.81 bits per heavy atom. The molecule has 1 saturated heterocycles. The third-order valence-electron chi connectivity index (χ3n) is 3.41. The topological polar surface area (TPSA) is 93.5 Å². The molecule has 0 saturated carbocycles. The van der Waals surface area contributed by atoms with Crippen molar-refractivity contribution in [1.82, 2.24) is 10.6 Å². The third-order valence-corrected chi connectivity index (χ3v) is 3.41. The van der Waals surface area contributed by atoms with Gasteiger partial charge in [-0.2, -0.15) is 0 Å². The number of piperidine rings is 1. The molecule has 1 aromatic rings. The van der Waals surface area contributed by atoms with Crippen molar-refractivity contribution in [2.24, 2.45) is 0 Å². The van der Waals surface area contributed by atoms with Crippen molar-refractivity contribution in [2.75, 3.05) is 13.2 Å². The van der Waals surface area contributed by atoms with Crippen LogP contribution in [-0.2, 0) is 4.79 Å². The van der Waals surface area contributed by atoms with E-state index in [9.17, 15) is 14.9 Å². The van der Waals surface area contributed by atoms with Crippen molar-refractivity contribution in [2.45, 2.75) is 31.8 Å². The number of carbonyl (C=O) groups is 1. The fourth-order valence-electron chi connectivity index (χ4n) is 2.35. The van der Waals surface area contributed by atoms with Gasteiger partial charge in [0.25, 0.3) is 11.6 Å². The van der Waals surface area contributed by atoms with Crippen LogP contribution in [-0.4, -0.2) is 36.1 Å². The maximum atomic E-state index is 11.8. The first-order valence-corrected chi connectivity index (χ1v) is 6.94. The summed E-state index contributed by atoms with van der Waals surface area (Å²) in [6.45, 7) is 2.90. The van der Waals surface area contributed by atoms with E-state index in [0.717, 1.165) is 19.4 Å². The number of nitrogens with one attached hydrogen (secondary N) is 2. The Labute approximate surface area is 122 Å². The van der Waals surface area contributed by atoms with E-state index >= 15 is 0 Å². The molecule has 2 atom stereocenters. The molecule has 114 valence electrons. The standard InChI is InChI=1S/C14H19N3O4/c1-10-8-11(6-7-15-10)16-14(18)9-21-13-4-2-12(3-5-13)17(19)20/h2-5,10-11,15H,6-9H2,1H3,(H,16,18). The number of hydrogen-bond acceptors (Lipinski definition) is 5. The summed E-state index contributed by atoms with van der Waals surface area (Å²) in [5.74, 6) is 0.266. The zero-order valence-corrected chi connectivity index (χ0v) is 11.9. The van der Waals surface area contributed by atoms with E-state index in [4.69, 9.17) is 4.74 Å². The van der Waals surface area contributed by atoms with Gasteiger partial charge >= 0.3 is 0 Å². The minimum absolute atomic E-state index is 0.00417. The monoisotopic (exact) mass is 293 g/mol. The zero-order chi connectivity index (χ0) is 15.2. The van der Waals surface area contributed by atoms with Crippen LogP contribution in [0.4, 0.5) is 5.69 Å². The average molecular weight is 293 g/mol. The van der Waals surface area contributed by atoms with Crippen molar-refractivity contribution >= 4 is 11.6 Å². The van der Waals surface area contributed by atoms with Gasteiger partial charge in [-0.05, 0) is 38.4 Å². The number of non-ortho nitro benzene ring substituents is 1. The van der Waals surface area contributed by atoms with Gasteiger partial charge < -0.3 is 15.4 Å². The molecule has 2 unspecified atom stereocenters. The van der Waals surface area contributed by atoms with Gasteiger partial charge in [0.15, 0.2) is 6.61 Å². The van der Waals surface area contributed by atoms with Crippen LogP contribution < -0.4 is 15.4 Å². The van der Waals surface area contributed by atoms with E-state index in [1.165, 1.54) is 24.3 Å². The highest BCUT2D eigenvalue weighted by Crippen LogP contribution is 2.17. The molecule has 2 rings (SSSR count). The lowest BCUT2D eigenvalue weighted by atomic mass is 10.0. The van der Waals surface area contributed by atoms with Crippen molar-refractivity contribution in [1.29, 1.82) is 0 Å². The quantitative estimate of drug-likeness (QED) is 0.629. The molecule has 21 heavy (non-hydrogen) atoms. The predicted molar refractivity (Wildman–Crippen MR) is 77.2 cm³/mol. The second-order valence-corrected chi connectivity index (χ2v) is 5.18. The van der Waals surface area contributed by atoms with Gasteiger partial charge in [-0.15, -0.1) is 0 Å². The Balaban J connectivity index is 1.76. The zero-order valence-electron chi connectivity index (χ0n) is 11.9. The van der Waals surface area contributed by atoms with Crippen molar-refractivity contribution in [3.8, 4) is 5.75 Å². The predicted octanol–water partition coefficient (Wildman–Crippen LogP) is 1.23. The van der Waals surface area contributed by atoms with Crippen LogP contribution in [0.2, 0.25) is 0 Å². The van der Waals surface area contributed by atoms with Crippen LogP contribution in [0.1, 0.15) is 19.8 Å².